The van der Waals surface area contributed by atoms with E-state index < -0.39 is 11.9 Å². The molecule has 0 saturated carbocycles. The van der Waals surface area contributed by atoms with Crippen molar-refractivity contribution in [1.82, 2.24) is 10.4 Å². The second-order valence-corrected chi connectivity index (χ2v) is 2.99. The molecular formula is C10H11FN2O2. The number of carbonyl (C=O) groups excluding carboxylic acids is 2. The molecule has 0 atom stereocenters. The number of nitrogens with zero attached hydrogens (tertiary/aromatic N) is 1. The van der Waals surface area contributed by atoms with Crippen molar-refractivity contribution in [2.45, 2.75) is 13.5 Å². The number of rotatable bonds is 2. The number of benzene rings is 1. The van der Waals surface area contributed by atoms with Gasteiger partial charge in [0, 0.05) is 6.92 Å². The Morgan fingerprint density at radius 3 is 2.47 bits per heavy atom. The molecule has 0 aromatic heterocycles. The first-order valence-electron chi connectivity index (χ1n) is 4.38. The van der Waals surface area contributed by atoms with Gasteiger partial charge in [-0.3, -0.25) is 10.1 Å². The standard InChI is InChI=1S/C10H11FN2O2/c1-8(14)12-10(15)13(11)7-9-5-3-2-4-6-9/h2-6H,7H2,1H3,(H,12,14,15). The summed E-state index contributed by atoms with van der Waals surface area (Å²) in [5.41, 5.74) is 0.652. The van der Waals surface area contributed by atoms with Crippen LogP contribution in [0.5, 0.6) is 0 Å². The number of halogens is 1. The van der Waals surface area contributed by atoms with E-state index in [0.29, 0.717) is 5.56 Å². The lowest BCUT2D eigenvalue weighted by Gasteiger charge is -2.11. The molecule has 0 saturated heterocycles. The quantitative estimate of drug-likeness (QED) is 0.754. The molecule has 0 fully saturated rings. The van der Waals surface area contributed by atoms with Gasteiger partial charge in [0.05, 0.1) is 6.54 Å². The molecule has 5 heteroatoms. The number of hydrogen-bond acceptors (Lipinski definition) is 2. The van der Waals surface area contributed by atoms with Gasteiger partial charge in [-0.1, -0.05) is 34.8 Å². The lowest BCUT2D eigenvalue weighted by Crippen LogP contribution is -2.37. The highest BCUT2D eigenvalue weighted by Crippen LogP contribution is 2.04. The summed E-state index contributed by atoms with van der Waals surface area (Å²) in [6, 6.07) is 7.60. The number of amides is 3. The van der Waals surface area contributed by atoms with E-state index in [0.717, 1.165) is 6.92 Å². The Balaban J connectivity index is 2.52. The Hall–Kier alpha value is -1.91. The average Bonchev–Trinajstić information content (AvgIpc) is 2.18. The van der Waals surface area contributed by atoms with Crippen LogP contribution in [-0.2, 0) is 11.3 Å². The van der Waals surface area contributed by atoms with Crippen molar-refractivity contribution in [1.29, 1.82) is 0 Å². The smallest absolute Gasteiger partial charge is 0.276 e. The molecule has 0 unspecified atom stereocenters. The van der Waals surface area contributed by atoms with Crippen LogP contribution in [0.3, 0.4) is 0 Å². The van der Waals surface area contributed by atoms with Gasteiger partial charge < -0.3 is 0 Å². The molecule has 0 aliphatic rings. The van der Waals surface area contributed by atoms with E-state index in [4.69, 9.17) is 0 Å². The number of carbonyl (C=O) groups is 2. The van der Waals surface area contributed by atoms with Gasteiger partial charge >= 0.3 is 6.03 Å². The van der Waals surface area contributed by atoms with E-state index in [9.17, 15) is 14.1 Å². The van der Waals surface area contributed by atoms with Gasteiger partial charge in [-0.15, -0.1) is 0 Å². The summed E-state index contributed by atoms with van der Waals surface area (Å²) in [5, 5.41) is 1.79. The Labute approximate surface area is 86.6 Å². The van der Waals surface area contributed by atoms with Crippen LogP contribution in [0.1, 0.15) is 12.5 Å². The molecule has 4 nitrogen and oxygen atoms in total. The fourth-order valence-electron chi connectivity index (χ4n) is 1.03. The Kier molecular flexibility index (Phi) is 3.79. The van der Waals surface area contributed by atoms with Crippen LogP contribution in [0.15, 0.2) is 30.3 Å². The highest BCUT2D eigenvalue weighted by Gasteiger charge is 2.13. The van der Waals surface area contributed by atoms with Crippen LogP contribution in [0.2, 0.25) is 0 Å². The predicted octanol–water partition coefficient (Wildman–Crippen LogP) is 1.63. The van der Waals surface area contributed by atoms with Crippen molar-refractivity contribution in [2.24, 2.45) is 0 Å². The minimum Gasteiger partial charge on any atom is -0.276 e. The minimum absolute atomic E-state index is 0.0449. The number of urea groups is 1. The highest BCUT2D eigenvalue weighted by molar-refractivity contribution is 5.92. The third kappa shape index (κ3) is 3.76. The molecule has 1 rings (SSSR count). The fraction of sp³-hybridized carbons (Fsp3) is 0.200. The number of imide groups is 1. The monoisotopic (exact) mass is 210 g/mol. The molecule has 0 aliphatic carbocycles. The Morgan fingerprint density at radius 1 is 1.33 bits per heavy atom. The topological polar surface area (TPSA) is 49.4 Å². The second-order valence-electron chi connectivity index (χ2n) is 2.99. The van der Waals surface area contributed by atoms with Crippen LogP contribution < -0.4 is 5.32 Å². The van der Waals surface area contributed by atoms with Crippen molar-refractivity contribution >= 4 is 11.9 Å². The minimum atomic E-state index is -1.05. The second kappa shape index (κ2) is 5.09. The Morgan fingerprint density at radius 2 is 1.93 bits per heavy atom. The number of hydrogen-bond donors (Lipinski definition) is 1. The first-order valence-corrected chi connectivity index (χ1v) is 4.38. The van der Waals surface area contributed by atoms with E-state index in [1.54, 1.807) is 30.3 Å². The molecule has 80 valence electrons. The average molecular weight is 210 g/mol. The summed E-state index contributed by atoms with van der Waals surface area (Å²) in [6.45, 7) is 0.966. The fourth-order valence-corrected chi connectivity index (χ4v) is 1.03. The summed E-state index contributed by atoms with van der Waals surface area (Å²) >= 11 is 0. The maximum absolute atomic E-state index is 13.1. The largest absolute Gasteiger partial charge is 0.352 e. The van der Waals surface area contributed by atoms with Gasteiger partial charge in [0.15, 0.2) is 0 Å². The summed E-state index contributed by atoms with van der Waals surface area (Å²) in [7, 11) is 0. The molecule has 0 bridgehead atoms. The summed E-state index contributed by atoms with van der Waals surface area (Å²) < 4.78 is 13.1. The van der Waals surface area contributed by atoms with Crippen LogP contribution in [-0.4, -0.2) is 17.1 Å². The molecule has 1 aromatic rings. The van der Waals surface area contributed by atoms with Crippen LogP contribution in [0, 0.1) is 0 Å². The van der Waals surface area contributed by atoms with Crippen LogP contribution >= 0.6 is 0 Å². The van der Waals surface area contributed by atoms with E-state index in [1.165, 1.54) is 0 Å². The van der Waals surface area contributed by atoms with E-state index in [2.05, 4.69) is 0 Å². The third-order valence-electron chi connectivity index (χ3n) is 1.67. The van der Waals surface area contributed by atoms with Gasteiger partial charge in [0.25, 0.3) is 0 Å². The zero-order valence-electron chi connectivity index (χ0n) is 8.24. The molecule has 15 heavy (non-hydrogen) atoms. The van der Waals surface area contributed by atoms with Crippen molar-refractivity contribution < 1.29 is 14.1 Å². The van der Waals surface area contributed by atoms with E-state index in [1.807, 2.05) is 5.32 Å². The van der Waals surface area contributed by atoms with Gasteiger partial charge in [-0.05, 0) is 5.56 Å². The number of nitrogens with one attached hydrogen (secondary N) is 1. The molecular weight excluding hydrogens is 199 g/mol. The van der Waals surface area contributed by atoms with Crippen molar-refractivity contribution in [2.75, 3.05) is 0 Å². The molecule has 0 heterocycles. The van der Waals surface area contributed by atoms with E-state index >= 15 is 0 Å². The van der Waals surface area contributed by atoms with Crippen molar-refractivity contribution in [3.63, 3.8) is 0 Å². The zero-order chi connectivity index (χ0) is 11.3. The normalized spacial score (nSPS) is 9.47. The van der Waals surface area contributed by atoms with E-state index in [-0.39, 0.29) is 11.7 Å². The van der Waals surface area contributed by atoms with Crippen molar-refractivity contribution in [3.8, 4) is 0 Å². The lowest BCUT2D eigenvalue weighted by molar-refractivity contribution is -0.118. The molecule has 1 aromatic carbocycles. The first kappa shape index (κ1) is 11.2. The summed E-state index contributed by atoms with van der Waals surface area (Å²) in [6.07, 6.45) is 0. The molecule has 0 radical (unpaired) electrons. The molecule has 0 aliphatic heterocycles. The maximum atomic E-state index is 13.1. The van der Waals surface area contributed by atoms with Crippen LogP contribution in [0.4, 0.5) is 9.28 Å². The zero-order valence-corrected chi connectivity index (χ0v) is 8.24. The first-order chi connectivity index (χ1) is 7.09. The molecule has 3 amide bonds. The summed E-state index contributed by atoms with van der Waals surface area (Å²) in [5.74, 6) is -0.587. The Bertz CT molecular complexity index is 354. The van der Waals surface area contributed by atoms with Gasteiger partial charge in [0.1, 0.15) is 0 Å². The maximum Gasteiger partial charge on any atom is 0.352 e. The lowest BCUT2D eigenvalue weighted by atomic mass is 10.2. The summed E-state index contributed by atoms with van der Waals surface area (Å²) in [4.78, 5) is 21.5. The third-order valence-corrected chi connectivity index (χ3v) is 1.67. The SMILES string of the molecule is CC(=O)NC(=O)N(F)Cc1ccccc1. The van der Waals surface area contributed by atoms with Crippen LogP contribution in [0.25, 0.3) is 0 Å². The highest BCUT2D eigenvalue weighted by atomic mass is 19.2. The molecule has 0 spiro atoms. The molecule has 1 N–H and O–H groups in total. The van der Waals surface area contributed by atoms with Gasteiger partial charge in [0.2, 0.25) is 5.91 Å². The van der Waals surface area contributed by atoms with Gasteiger partial charge in [-0.2, -0.15) is 5.12 Å². The predicted molar refractivity (Wildman–Crippen MR) is 52.3 cm³/mol. The van der Waals surface area contributed by atoms with Gasteiger partial charge in [-0.25, -0.2) is 4.79 Å². The van der Waals surface area contributed by atoms with Crippen molar-refractivity contribution in [3.05, 3.63) is 35.9 Å².